The molecule has 20 nitrogen and oxygen atoms in total. The van der Waals surface area contributed by atoms with Gasteiger partial charge in [0, 0.05) is 37.9 Å². The van der Waals surface area contributed by atoms with Gasteiger partial charge in [0.2, 0.25) is 17.9 Å². The molecular formula is C32H47N7O13. The number of nitrogens with zero attached hydrogens (tertiary/aromatic N) is 1. The van der Waals surface area contributed by atoms with Crippen LogP contribution >= 0.6 is 0 Å². The minimum Gasteiger partial charge on any atom is -0.481 e. The first-order valence-electron chi connectivity index (χ1n) is 16.4. The molecule has 4 amide bonds. The van der Waals surface area contributed by atoms with E-state index in [1.54, 1.807) is 12.1 Å². The molecule has 1 rings (SSSR count). The number of nitrogens with two attached hydrogens (primary N) is 2. The molecule has 20 heteroatoms. The Morgan fingerprint density at radius 3 is 1.90 bits per heavy atom. The van der Waals surface area contributed by atoms with Gasteiger partial charge in [-0.25, -0.2) is 24.2 Å². The van der Waals surface area contributed by atoms with E-state index in [4.69, 9.17) is 26.4 Å². The number of carboxylic acid groups (broad SMARTS) is 4. The molecule has 0 aromatic heterocycles. The molecule has 0 aliphatic heterocycles. The number of aliphatic imine (C=N–C) groups is 1. The maximum Gasteiger partial charge on any atom is 0.408 e. The molecule has 1 aromatic carbocycles. The maximum atomic E-state index is 12.6. The minimum atomic E-state index is -1.63. The molecule has 0 aliphatic rings. The summed E-state index contributed by atoms with van der Waals surface area (Å²) in [5.41, 5.74) is 12.7. The molecule has 0 fully saturated rings. The smallest absolute Gasteiger partial charge is 0.408 e. The van der Waals surface area contributed by atoms with Crippen molar-refractivity contribution in [2.75, 3.05) is 13.1 Å². The lowest BCUT2D eigenvalue weighted by atomic mass is 10.1. The van der Waals surface area contributed by atoms with Gasteiger partial charge in [-0.3, -0.25) is 19.2 Å². The molecule has 0 radical (unpaired) electrons. The quantitative estimate of drug-likeness (QED) is 0.0353. The number of ether oxygens (including phenoxy) is 1. The number of rotatable bonds is 25. The highest BCUT2D eigenvalue weighted by atomic mass is 16.6. The molecule has 1 unspecified atom stereocenters. The summed E-state index contributed by atoms with van der Waals surface area (Å²) in [5, 5.41) is 46.2. The summed E-state index contributed by atoms with van der Waals surface area (Å²) in [6, 6.07) is 2.43. The molecule has 12 N–H and O–H groups in total. The number of carbonyl (C=O) groups excluding carboxylic acids is 4. The number of aryl methyl sites for hydroxylation is 1. The lowest BCUT2D eigenvalue weighted by Gasteiger charge is -2.17. The Morgan fingerprint density at radius 1 is 0.712 bits per heavy atom. The summed E-state index contributed by atoms with van der Waals surface area (Å²) in [7, 11) is 0. The largest absolute Gasteiger partial charge is 0.481 e. The molecule has 0 saturated carbocycles. The average Bonchev–Trinajstić information content (AvgIpc) is 3.06. The van der Waals surface area contributed by atoms with Gasteiger partial charge < -0.3 is 57.9 Å². The maximum absolute atomic E-state index is 12.6. The predicted molar refractivity (Wildman–Crippen MR) is 182 cm³/mol. The van der Waals surface area contributed by atoms with Crippen LogP contribution in [0.2, 0.25) is 0 Å². The van der Waals surface area contributed by atoms with Crippen LogP contribution in [0.4, 0.5) is 4.79 Å². The number of aliphatic carboxylic acids is 4. The fourth-order valence-electron chi connectivity index (χ4n) is 4.63. The molecule has 0 spiro atoms. The summed E-state index contributed by atoms with van der Waals surface area (Å²) in [4.78, 5) is 97.9. The van der Waals surface area contributed by atoms with Gasteiger partial charge in [0.05, 0.1) is 6.54 Å². The zero-order valence-electron chi connectivity index (χ0n) is 28.7. The molecule has 52 heavy (non-hydrogen) atoms. The highest BCUT2D eigenvalue weighted by Gasteiger charge is 2.26. The van der Waals surface area contributed by atoms with Crippen LogP contribution in [0.3, 0.4) is 0 Å². The predicted octanol–water partition coefficient (Wildman–Crippen LogP) is -0.198. The summed E-state index contributed by atoms with van der Waals surface area (Å²) >= 11 is 0. The SMILES string of the molecule is Cc1cc(CN=C(N)N)cc(C(=O)NCCCCC(NC(=O)CCC(=O)NCCCC[C@H](OC(=O)N[C@@H](CCC(=O)O)C(=O)O)C(=O)O)C(=O)O)c1. The number of hydrogen-bond donors (Lipinski definition) is 10. The van der Waals surface area contributed by atoms with Crippen molar-refractivity contribution < 1.29 is 63.5 Å². The number of nitrogens with one attached hydrogen (secondary N) is 4. The van der Waals surface area contributed by atoms with E-state index in [1.807, 2.05) is 18.3 Å². The van der Waals surface area contributed by atoms with E-state index in [9.17, 15) is 48.6 Å². The monoisotopic (exact) mass is 737 g/mol. The molecular weight excluding hydrogens is 690 g/mol. The van der Waals surface area contributed by atoms with Crippen LogP contribution in [0.1, 0.15) is 85.7 Å². The van der Waals surface area contributed by atoms with Gasteiger partial charge >= 0.3 is 30.0 Å². The molecule has 3 atom stereocenters. The van der Waals surface area contributed by atoms with Gasteiger partial charge in [-0.15, -0.1) is 0 Å². The number of benzene rings is 1. The summed E-state index contributed by atoms with van der Waals surface area (Å²) < 4.78 is 4.76. The van der Waals surface area contributed by atoms with Crippen LogP contribution in [0, 0.1) is 6.92 Å². The van der Waals surface area contributed by atoms with Crippen molar-refractivity contribution in [2.24, 2.45) is 16.5 Å². The third-order valence-corrected chi connectivity index (χ3v) is 7.24. The van der Waals surface area contributed by atoms with Crippen LogP contribution in [-0.2, 0) is 40.0 Å². The number of guanidine groups is 1. The van der Waals surface area contributed by atoms with Crippen LogP contribution in [0.15, 0.2) is 23.2 Å². The third-order valence-electron chi connectivity index (χ3n) is 7.24. The van der Waals surface area contributed by atoms with Crippen LogP contribution in [-0.4, -0.2) is 105 Å². The summed E-state index contributed by atoms with van der Waals surface area (Å²) in [6.45, 7) is 2.40. The van der Waals surface area contributed by atoms with Crippen LogP contribution < -0.4 is 32.7 Å². The summed E-state index contributed by atoms with van der Waals surface area (Å²) in [5.74, 6) is -7.11. The Bertz CT molecular complexity index is 1460. The van der Waals surface area contributed by atoms with Crippen LogP contribution in [0.25, 0.3) is 0 Å². The zero-order valence-corrected chi connectivity index (χ0v) is 28.7. The van der Waals surface area contributed by atoms with Gasteiger partial charge in [0.1, 0.15) is 12.1 Å². The highest BCUT2D eigenvalue weighted by molar-refractivity contribution is 5.94. The highest BCUT2D eigenvalue weighted by Crippen LogP contribution is 2.12. The standard InChI is InChI=1S/C32H47N7O13/c1-18-14-19(17-37-31(33)34)16-20(15-18)27(44)36-13-4-2-6-21(28(45)46)38-25(41)10-9-24(40)35-12-5-3-7-23(30(49)50)52-32(51)39-22(29(47)48)8-11-26(42)43/h14-16,21-23H,2-13,17H2,1H3,(H,35,40)(H,36,44)(H,38,41)(H,39,51)(H,42,43)(H,45,46)(H,47,48)(H,49,50)(H4,33,34,37)/t21?,22-,23-/m0/s1. The van der Waals surface area contributed by atoms with E-state index in [0.717, 1.165) is 11.1 Å². The van der Waals surface area contributed by atoms with Gasteiger partial charge in [0.15, 0.2) is 5.96 Å². The number of hydrogen-bond acceptors (Lipinski definition) is 10. The Balaban J connectivity index is 2.36. The van der Waals surface area contributed by atoms with Gasteiger partial charge in [-0.2, -0.15) is 0 Å². The van der Waals surface area contributed by atoms with Gasteiger partial charge in [-0.05, 0) is 75.1 Å². The fourth-order valence-corrected chi connectivity index (χ4v) is 4.63. The van der Waals surface area contributed by atoms with Crippen molar-refractivity contribution in [3.8, 4) is 0 Å². The Morgan fingerprint density at radius 2 is 1.31 bits per heavy atom. The second-order valence-electron chi connectivity index (χ2n) is 11.7. The molecule has 288 valence electrons. The Hall–Kier alpha value is -5.95. The second kappa shape index (κ2) is 23.5. The number of amides is 4. The molecule has 1 aromatic rings. The van der Waals surface area contributed by atoms with Gasteiger partial charge in [-0.1, -0.05) is 6.07 Å². The van der Waals surface area contributed by atoms with Crippen molar-refractivity contribution in [3.05, 3.63) is 34.9 Å². The van der Waals surface area contributed by atoms with Crippen molar-refractivity contribution in [1.82, 2.24) is 21.3 Å². The molecule has 0 saturated heterocycles. The Labute approximate surface area is 298 Å². The molecule has 0 bridgehead atoms. The lowest BCUT2D eigenvalue weighted by Crippen LogP contribution is -2.43. The molecule has 0 heterocycles. The fraction of sp³-hybridized carbons (Fsp3) is 0.531. The second-order valence-corrected chi connectivity index (χ2v) is 11.7. The van der Waals surface area contributed by atoms with Crippen molar-refractivity contribution in [2.45, 2.75) is 95.9 Å². The number of carboxylic acids is 4. The first kappa shape index (κ1) is 44.1. The van der Waals surface area contributed by atoms with E-state index in [0.29, 0.717) is 18.4 Å². The average molecular weight is 738 g/mol. The number of carbonyl (C=O) groups is 8. The topological polar surface area (TPSA) is 339 Å². The first-order valence-corrected chi connectivity index (χ1v) is 16.4. The molecule has 0 aliphatic carbocycles. The third kappa shape index (κ3) is 19.3. The van der Waals surface area contributed by atoms with E-state index in [1.165, 1.54) is 0 Å². The van der Waals surface area contributed by atoms with E-state index >= 15 is 0 Å². The van der Waals surface area contributed by atoms with Gasteiger partial charge in [0.25, 0.3) is 5.91 Å². The zero-order chi connectivity index (χ0) is 39.2. The van der Waals surface area contributed by atoms with Crippen molar-refractivity contribution in [1.29, 1.82) is 0 Å². The van der Waals surface area contributed by atoms with Crippen LogP contribution in [0.5, 0.6) is 0 Å². The first-order chi connectivity index (χ1) is 24.5. The number of unbranched alkanes of at least 4 members (excludes halogenated alkanes) is 2. The normalized spacial score (nSPS) is 12.2. The van der Waals surface area contributed by atoms with Crippen molar-refractivity contribution in [3.63, 3.8) is 0 Å². The van der Waals surface area contributed by atoms with E-state index in [2.05, 4.69) is 20.9 Å². The number of alkyl carbamates (subject to hydrolysis) is 1. The van der Waals surface area contributed by atoms with E-state index in [-0.39, 0.29) is 70.0 Å². The van der Waals surface area contributed by atoms with E-state index < -0.39 is 72.8 Å². The lowest BCUT2D eigenvalue weighted by molar-refractivity contribution is -0.147. The Kier molecular flexibility index (Phi) is 19.9. The van der Waals surface area contributed by atoms with Crippen molar-refractivity contribution >= 4 is 53.7 Å². The minimum absolute atomic E-state index is 0.0701. The summed E-state index contributed by atoms with van der Waals surface area (Å²) in [6.07, 6.45) is -3.36.